The summed E-state index contributed by atoms with van der Waals surface area (Å²) in [6.45, 7) is 4.09. The molecule has 2 N–H and O–H groups in total. The van der Waals surface area contributed by atoms with Crippen molar-refractivity contribution in [1.82, 2.24) is 25.2 Å². The van der Waals surface area contributed by atoms with Crippen LogP contribution in [0.15, 0.2) is 59.7 Å². The van der Waals surface area contributed by atoms with Crippen molar-refractivity contribution in [2.24, 2.45) is 4.99 Å². The van der Waals surface area contributed by atoms with E-state index >= 15 is 0 Å². The predicted molar refractivity (Wildman–Crippen MR) is 122 cm³/mol. The van der Waals surface area contributed by atoms with Gasteiger partial charge in [-0.2, -0.15) is 0 Å². The molecule has 0 amide bonds. The third-order valence-electron chi connectivity index (χ3n) is 4.27. The molecule has 3 aromatic rings. The first kappa shape index (κ1) is 22.1. The number of ether oxygens (including phenoxy) is 1. The Morgan fingerprint density at radius 1 is 1.11 bits per heavy atom. The number of pyridine rings is 1. The fourth-order valence-electron chi connectivity index (χ4n) is 2.75. The number of hydrogen-bond acceptors (Lipinski definition) is 4. The average molecular weight is 494 g/mol. The van der Waals surface area contributed by atoms with Crippen LogP contribution in [0, 0.1) is 0 Å². The van der Waals surface area contributed by atoms with Gasteiger partial charge in [0, 0.05) is 26.4 Å². The fraction of sp³-hybridized carbons (Fsp3) is 0.350. The Bertz CT molecular complexity index is 867. The normalized spacial score (nSPS) is 12.4. The summed E-state index contributed by atoms with van der Waals surface area (Å²) in [6, 6.07) is 16.1. The fourth-order valence-corrected chi connectivity index (χ4v) is 2.75. The molecule has 0 radical (unpaired) electrons. The second kappa shape index (κ2) is 11.6. The van der Waals surface area contributed by atoms with Crippen molar-refractivity contribution in [3.63, 3.8) is 0 Å². The molecule has 0 aliphatic heterocycles. The Kier molecular flexibility index (Phi) is 9.15. The lowest BCUT2D eigenvalue weighted by atomic mass is 10.1. The highest BCUT2D eigenvalue weighted by molar-refractivity contribution is 14.0. The molecule has 0 fully saturated rings. The first-order chi connectivity index (χ1) is 13.3. The van der Waals surface area contributed by atoms with Gasteiger partial charge in [0.05, 0.1) is 12.6 Å². The van der Waals surface area contributed by atoms with Crippen molar-refractivity contribution in [2.75, 3.05) is 20.2 Å². The number of guanidine groups is 1. The maximum absolute atomic E-state index is 5.89. The van der Waals surface area contributed by atoms with E-state index in [1.807, 2.05) is 47.0 Å². The van der Waals surface area contributed by atoms with Crippen molar-refractivity contribution < 1.29 is 4.74 Å². The zero-order valence-electron chi connectivity index (χ0n) is 16.2. The highest BCUT2D eigenvalue weighted by atomic mass is 127. The molecule has 0 aliphatic carbocycles. The van der Waals surface area contributed by atoms with E-state index in [0.717, 1.165) is 30.4 Å². The van der Waals surface area contributed by atoms with Gasteiger partial charge in [0.1, 0.15) is 0 Å². The van der Waals surface area contributed by atoms with Crippen LogP contribution in [0.4, 0.5) is 0 Å². The van der Waals surface area contributed by atoms with Crippen LogP contribution in [0.25, 0.3) is 5.65 Å². The summed E-state index contributed by atoms with van der Waals surface area (Å²) < 4.78 is 7.85. The van der Waals surface area contributed by atoms with E-state index < -0.39 is 0 Å². The van der Waals surface area contributed by atoms with Crippen molar-refractivity contribution >= 4 is 35.6 Å². The van der Waals surface area contributed by atoms with E-state index in [2.05, 4.69) is 44.9 Å². The quantitative estimate of drug-likeness (QED) is 0.218. The maximum atomic E-state index is 5.89. The van der Waals surface area contributed by atoms with Gasteiger partial charge in [0.2, 0.25) is 0 Å². The van der Waals surface area contributed by atoms with E-state index in [4.69, 9.17) is 4.74 Å². The second-order valence-corrected chi connectivity index (χ2v) is 6.17. The molecule has 0 bridgehead atoms. The molecule has 1 unspecified atom stereocenters. The summed E-state index contributed by atoms with van der Waals surface area (Å²) in [7, 11) is 1.76. The van der Waals surface area contributed by atoms with Crippen molar-refractivity contribution in [3.8, 4) is 0 Å². The minimum Gasteiger partial charge on any atom is -0.374 e. The van der Waals surface area contributed by atoms with E-state index in [-0.39, 0.29) is 30.1 Å². The van der Waals surface area contributed by atoms with Crippen LogP contribution in [0.5, 0.6) is 0 Å². The molecule has 7 nitrogen and oxygen atoms in total. The van der Waals surface area contributed by atoms with Crippen LogP contribution < -0.4 is 10.6 Å². The zero-order chi connectivity index (χ0) is 18.9. The molecule has 8 heteroatoms. The first-order valence-electron chi connectivity index (χ1n) is 9.17. The van der Waals surface area contributed by atoms with Gasteiger partial charge in [-0.1, -0.05) is 36.4 Å². The molecular weight excluding hydrogens is 467 g/mol. The zero-order valence-corrected chi connectivity index (χ0v) is 18.5. The monoisotopic (exact) mass is 494 g/mol. The van der Waals surface area contributed by atoms with Crippen LogP contribution >= 0.6 is 24.0 Å². The Morgan fingerprint density at radius 3 is 2.68 bits per heavy atom. The lowest BCUT2D eigenvalue weighted by molar-refractivity contribution is 0.0646. The summed E-state index contributed by atoms with van der Waals surface area (Å²) in [6.07, 6.45) is 2.95. The average Bonchev–Trinajstić information content (AvgIpc) is 3.13. The standard InChI is InChI=1S/C20H26N6O.HI/c1-16(17-9-4-3-5-10-17)27-14-8-12-22-20(21-2)23-15-19-25-24-18-11-6-7-13-26(18)19;/h3-7,9-11,13,16H,8,12,14-15H2,1-2H3,(H2,21,22,23);1H. The van der Waals surface area contributed by atoms with E-state index in [1.54, 1.807) is 7.05 Å². The van der Waals surface area contributed by atoms with Crippen LogP contribution in [0.1, 0.15) is 30.8 Å². The Hall–Kier alpha value is -2.20. The van der Waals surface area contributed by atoms with Crippen molar-refractivity contribution in [3.05, 3.63) is 66.1 Å². The molecule has 1 atom stereocenters. The summed E-state index contributed by atoms with van der Waals surface area (Å²) in [5.41, 5.74) is 2.03. The van der Waals surface area contributed by atoms with E-state index in [9.17, 15) is 0 Å². The Labute approximate surface area is 182 Å². The van der Waals surface area contributed by atoms with Crippen molar-refractivity contribution in [1.29, 1.82) is 0 Å². The summed E-state index contributed by atoms with van der Waals surface area (Å²) in [5, 5.41) is 14.9. The van der Waals surface area contributed by atoms with E-state index in [1.165, 1.54) is 5.56 Å². The molecule has 0 saturated heterocycles. The molecule has 3 rings (SSSR count). The molecule has 0 aliphatic rings. The van der Waals surface area contributed by atoms with Crippen LogP contribution in [0.2, 0.25) is 0 Å². The number of fused-ring (bicyclic) bond motifs is 1. The predicted octanol–water partition coefficient (Wildman–Crippen LogP) is 3.18. The van der Waals surface area contributed by atoms with Gasteiger partial charge in [0.15, 0.2) is 17.4 Å². The Morgan fingerprint density at radius 2 is 1.89 bits per heavy atom. The molecule has 28 heavy (non-hydrogen) atoms. The van der Waals surface area contributed by atoms with Crippen LogP contribution in [-0.4, -0.2) is 40.8 Å². The smallest absolute Gasteiger partial charge is 0.191 e. The highest BCUT2D eigenvalue weighted by Crippen LogP contribution is 2.15. The number of hydrogen-bond donors (Lipinski definition) is 2. The Balaban J connectivity index is 0.00000280. The van der Waals surface area contributed by atoms with Gasteiger partial charge in [-0.25, -0.2) is 0 Å². The molecule has 2 aromatic heterocycles. The maximum Gasteiger partial charge on any atom is 0.191 e. The topological polar surface area (TPSA) is 75.8 Å². The molecule has 1 aromatic carbocycles. The van der Waals surface area contributed by atoms with Gasteiger partial charge in [-0.15, -0.1) is 34.2 Å². The third kappa shape index (κ3) is 6.16. The lowest BCUT2D eigenvalue weighted by Gasteiger charge is -2.14. The minimum atomic E-state index is 0. The number of benzene rings is 1. The molecular formula is C20H27IN6O. The number of halogens is 1. The van der Waals surface area contributed by atoms with Gasteiger partial charge >= 0.3 is 0 Å². The van der Waals surface area contributed by atoms with Gasteiger partial charge in [0.25, 0.3) is 0 Å². The summed E-state index contributed by atoms with van der Waals surface area (Å²) in [5.74, 6) is 1.58. The molecule has 150 valence electrons. The number of aromatic nitrogens is 3. The number of nitrogens with one attached hydrogen (secondary N) is 2. The molecule has 2 heterocycles. The van der Waals surface area contributed by atoms with Crippen LogP contribution in [0.3, 0.4) is 0 Å². The minimum absolute atomic E-state index is 0. The molecule has 0 spiro atoms. The second-order valence-electron chi connectivity index (χ2n) is 6.17. The van der Waals surface area contributed by atoms with Crippen molar-refractivity contribution in [2.45, 2.75) is 26.0 Å². The number of aliphatic imine (C=N–C) groups is 1. The lowest BCUT2D eigenvalue weighted by Crippen LogP contribution is -2.38. The van der Waals surface area contributed by atoms with Gasteiger partial charge in [-0.05, 0) is 31.0 Å². The third-order valence-corrected chi connectivity index (χ3v) is 4.27. The highest BCUT2D eigenvalue weighted by Gasteiger charge is 2.06. The SMILES string of the molecule is CN=C(NCCCOC(C)c1ccccc1)NCc1nnc2ccccn12.I. The summed E-state index contributed by atoms with van der Waals surface area (Å²) >= 11 is 0. The number of nitrogens with zero attached hydrogens (tertiary/aromatic N) is 4. The first-order valence-corrected chi connectivity index (χ1v) is 9.17. The molecule has 0 saturated carbocycles. The number of rotatable bonds is 8. The largest absolute Gasteiger partial charge is 0.374 e. The van der Waals surface area contributed by atoms with Gasteiger partial charge in [-0.3, -0.25) is 9.39 Å². The summed E-state index contributed by atoms with van der Waals surface area (Å²) in [4.78, 5) is 4.24. The van der Waals surface area contributed by atoms with Crippen LogP contribution in [-0.2, 0) is 11.3 Å². The van der Waals surface area contributed by atoms with Gasteiger partial charge < -0.3 is 15.4 Å². The van der Waals surface area contributed by atoms with E-state index in [0.29, 0.717) is 13.2 Å².